The standard InChI is InChI=1S/C16H12N2O4S2/c1-10-5-6-23-13(10)8-14-15(19)17(16(20)24-14)9-11-3-2-4-12(7-11)18(21)22/h2-8H,9H2,1H3/b14-8-. The third kappa shape index (κ3) is 3.24. The number of nitro groups is 1. The van der Waals surface area contributed by atoms with E-state index in [0.29, 0.717) is 10.5 Å². The summed E-state index contributed by atoms with van der Waals surface area (Å²) in [6, 6.07) is 7.89. The summed E-state index contributed by atoms with van der Waals surface area (Å²) >= 11 is 2.39. The molecule has 0 radical (unpaired) electrons. The molecule has 6 nitrogen and oxygen atoms in total. The van der Waals surface area contributed by atoms with Crippen LogP contribution >= 0.6 is 23.1 Å². The molecule has 1 aliphatic rings. The highest BCUT2D eigenvalue weighted by Gasteiger charge is 2.35. The number of nitro benzene ring substituents is 1. The van der Waals surface area contributed by atoms with Crippen LogP contribution in [0, 0.1) is 17.0 Å². The predicted molar refractivity (Wildman–Crippen MR) is 93.7 cm³/mol. The minimum Gasteiger partial charge on any atom is -0.268 e. The maximum atomic E-state index is 12.5. The lowest BCUT2D eigenvalue weighted by molar-refractivity contribution is -0.384. The fraction of sp³-hybridized carbons (Fsp3) is 0.125. The van der Waals surface area contributed by atoms with Crippen LogP contribution in [-0.2, 0) is 11.3 Å². The van der Waals surface area contributed by atoms with E-state index in [-0.39, 0.29) is 23.4 Å². The molecule has 2 aromatic rings. The molecule has 2 amide bonds. The largest absolute Gasteiger partial charge is 0.293 e. The maximum Gasteiger partial charge on any atom is 0.293 e. The molecule has 122 valence electrons. The van der Waals surface area contributed by atoms with Crippen LogP contribution in [0.1, 0.15) is 16.0 Å². The Morgan fingerprint density at radius 2 is 2.08 bits per heavy atom. The van der Waals surface area contributed by atoms with Crippen molar-refractivity contribution in [3.05, 3.63) is 66.7 Å². The molecule has 1 fully saturated rings. The Balaban J connectivity index is 1.82. The number of carbonyl (C=O) groups is 2. The van der Waals surface area contributed by atoms with Gasteiger partial charge >= 0.3 is 0 Å². The first-order valence-electron chi connectivity index (χ1n) is 6.98. The molecule has 0 atom stereocenters. The molecule has 1 aromatic carbocycles. The van der Waals surface area contributed by atoms with Gasteiger partial charge in [0.05, 0.1) is 16.4 Å². The lowest BCUT2D eigenvalue weighted by Crippen LogP contribution is -2.27. The molecule has 0 aliphatic carbocycles. The summed E-state index contributed by atoms with van der Waals surface area (Å²) in [5, 5.41) is 12.4. The molecular weight excluding hydrogens is 348 g/mol. The fourth-order valence-electron chi connectivity index (χ4n) is 2.24. The number of hydrogen-bond donors (Lipinski definition) is 0. The van der Waals surface area contributed by atoms with Crippen molar-refractivity contribution in [3.63, 3.8) is 0 Å². The number of rotatable bonds is 4. The quantitative estimate of drug-likeness (QED) is 0.464. The smallest absolute Gasteiger partial charge is 0.268 e. The Hall–Kier alpha value is -2.45. The van der Waals surface area contributed by atoms with E-state index >= 15 is 0 Å². The summed E-state index contributed by atoms with van der Waals surface area (Å²) < 4.78 is 0. The van der Waals surface area contributed by atoms with Crippen LogP contribution in [-0.4, -0.2) is 21.0 Å². The van der Waals surface area contributed by atoms with Gasteiger partial charge in [-0.1, -0.05) is 12.1 Å². The summed E-state index contributed by atoms with van der Waals surface area (Å²) in [7, 11) is 0. The highest BCUT2D eigenvalue weighted by atomic mass is 32.2. The average molecular weight is 360 g/mol. The molecular formula is C16H12N2O4S2. The van der Waals surface area contributed by atoms with Crippen LogP contribution < -0.4 is 0 Å². The van der Waals surface area contributed by atoms with E-state index in [1.54, 1.807) is 12.1 Å². The van der Waals surface area contributed by atoms with Crippen LogP contribution in [0.3, 0.4) is 0 Å². The first kappa shape index (κ1) is 16.4. The third-order valence-electron chi connectivity index (χ3n) is 3.50. The number of imide groups is 1. The Labute approximate surface area is 145 Å². The first-order chi connectivity index (χ1) is 11.5. The molecule has 3 rings (SSSR count). The number of nitrogens with zero attached hydrogens (tertiary/aromatic N) is 2. The van der Waals surface area contributed by atoms with Gasteiger partial charge in [-0.25, -0.2) is 0 Å². The van der Waals surface area contributed by atoms with E-state index < -0.39 is 4.92 Å². The highest BCUT2D eigenvalue weighted by molar-refractivity contribution is 8.18. The van der Waals surface area contributed by atoms with E-state index in [1.165, 1.54) is 29.5 Å². The second-order valence-electron chi connectivity index (χ2n) is 5.16. The van der Waals surface area contributed by atoms with Gasteiger partial charge in [-0.05, 0) is 47.3 Å². The van der Waals surface area contributed by atoms with Gasteiger partial charge in [-0.15, -0.1) is 11.3 Å². The Morgan fingerprint density at radius 3 is 2.75 bits per heavy atom. The Morgan fingerprint density at radius 1 is 1.29 bits per heavy atom. The van der Waals surface area contributed by atoms with Crippen molar-refractivity contribution in [2.24, 2.45) is 0 Å². The van der Waals surface area contributed by atoms with E-state index in [9.17, 15) is 19.7 Å². The van der Waals surface area contributed by atoms with E-state index in [2.05, 4.69) is 0 Å². The molecule has 1 aliphatic heterocycles. The van der Waals surface area contributed by atoms with Gasteiger partial charge in [0.25, 0.3) is 16.8 Å². The number of amides is 2. The molecule has 1 saturated heterocycles. The van der Waals surface area contributed by atoms with Crippen molar-refractivity contribution >= 4 is 46.0 Å². The van der Waals surface area contributed by atoms with Gasteiger partial charge in [0.1, 0.15) is 0 Å². The van der Waals surface area contributed by atoms with Crippen LogP contribution in [0.2, 0.25) is 0 Å². The van der Waals surface area contributed by atoms with Gasteiger partial charge in [0, 0.05) is 17.0 Å². The topological polar surface area (TPSA) is 80.5 Å². The van der Waals surface area contributed by atoms with Crippen molar-refractivity contribution in [3.8, 4) is 0 Å². The minimum absolute atomic E-state index is 0.0209. The molecule has 24 heavy (non-hydrogen) atoms. The second-order valence-corrected chi connectivity index (χ2v) is 7.10. The van der Waals surface area contributed by atoms with Crippen molar-refractivity contribution in [2.75, 3.05) is 0 Å². The normalized spacial score (nSPS) is 16.2. The van der Waals surface area contributed by atoms with E-state index in [4.69, 9.17) is 0 Å². The van der Waals surface area contributed by atoms with Crippen LogP contribution in [0.15, 0.2) is 40.6 Å². The maximum absolute atomic E-state index is 12.5. The summed E-state index contributed by atoms with van der Waals surface area (Å²) in [5.41, 5.74) is 1.52. The zero-order valence-corrected chi connectivity index (χ0v) is 14.2. The van der Waals surface area contributed by atoms with Crippen LogP contribution in [0.25, 0.3) is 6.08 Å². The molecule has 1 aromatic heterocycles. The highest BCUT2D eigenvalue weighted by Crippen LogP contribution is 2.34. The summed E-state index contributed by atoms with van der Waals surface area (Å²) in [6.07, 6.45) is 1.72. The van der Waals surface area contributed by atoms with Crippen molar-refractivity contribution < 1.29 is 14.5 Å². The zero-order chi connectivity index (χ0) is 17.3. The lowest BCUT2D eigenvalue weighted by Gasteiger charge is -2.12. The molecule has 2 heterocycles. The number of carbonyl (C=O) groups excluding carboxylic acids is 2. The number of non-ortho nitro benzene ring substituents is 1. The molecule has 0 bridgehead atoms. The van der Waals surface area contributed by atoms with E-state index in [0.717, 1.165) is 27.1 Å². The van der Waals surface area contributed by atoms with Crippen molar-refractivity contribution in [1.82, 2.24) is 4.90 Å². The zero-order valence-electron chi connectivity index (χ0n) is 12.6. The van der Waals surface area contributed by atoms with Crippen molar-refractivity contribution in [2.45, 2.75) is 13.5 Å². The van der Waals surface area contributed by atoms with Gasteiger partial charge in [-0.2, -0.15) is 0 Å². The van der Waals surface area contributed by atoms with Crippen molar-refractivity contribution in [1.29, 1.82) is 0 Å². The molecule has 0 saturated carbocycles. The van der Waals surface area contributed by atoms with E-state index in [1.807, 2.05) is 18.4 Å². The number of aryl methyl sites for hydroxylation is 1. The summed E-state index contributed by atoms with van der Waals surface area (Å²) in [6.45, 7) is 1.96. The Bertz CT molecular complexity index is 872. The predicted octanol–water partition coefficient (Wildman–Crippen LogP) is 4.20. The molecule has 0 spiro atoms. The number of thioether (sulfide) groups is 1. The number of hydrogen-bond acceptors (Lipinski definition) is 6. The van der Waals surface area contributed by atoms with Gasteiger partial charge in [0.2, 0.25) is 0 Å². The van der Waals surface area contributed by atoms with Gasteiger partial charge < -0.3 is 0 Å². The SMILES string of the molecule is Cc1ccsc1/C=C1\SC(=O)N(Cc2cccc([N+](=O)[O-])c2)C1=O. The minimum atomic E-state index is -0.503. The van der Waals surface area contributed by atoms with Crippen LogP contribution in [0.4, 0.5) is 10.5 Å². The molecule has 0 unspecified atom stereocenters. The Kier molecular flexibility index (Phi) is 4.50. The summed E-state index contributed by atoms with van der Waals surface area (Å²) in [5.74, 6) is -0.371. The molecule has 0 N–H and O–H groups in total. The number of benzene rings is 1. The molecule has 8 heteroatoms. The van der Waals surface area contributed by atoms with Gasteiger partial charge in [-0.3, -0.25) is 24.6 Å². The average Bonchev–Trinajstić information content (AvgIpc) is 3.06. The van der Waals surface area contributed by atoms with Crippen LogP contribution in [0.5, 0.6) is 0 Å². The van der Waals surface area contributed by atoms with Gasteiger partial charge in [0.15, 0.2) is 0 Å². The monoisotopic (exact) mass is 360 g/mol. The first-order valence-corrected chi connectivity index (χ1v) is 8.68. The lowest BCUT2D eigenvalue weighted by atomic mass is 10.2. The summed E-state index contributed by atoms with van der Waals surface area (Å²) in [4.78, 5) is 37.3. The number of thiophene rings is 1. The second kappa shape index (κ2) is 6.58. The third-order valence-corrected chi connectivity index (χ3v) is 5.37. The fourth-order valence-corrected chi connectivity index (χ4v) is 3.99.